The molecule has 0 saturated heterocycles. The van der Waals surface area contributed by atoms with Gasteiger partial charge in [0.25, 0.3) is 0 Å². The van der Waals surface area contributed by atoms with Crippen LogP contribution in [-0.4, -0.2) is 25.0 Å². The summed E-state index contributed by atoms with van der Waals surface area (Å²) >= 11 is 0. The van der Waals surface area contributed by atoms with Crippen LogP contribution in [0.25, 0.3) is 0 Å². The van der Waals surface area contributed by atoms with Gasteiger partial charge in [-0.2, -0.15) is 13.2 Å². The number of hydrogen-bond acceptors (Lipinski definition) is 2. The Morgan fingerprint density at radius 1 is 1.26 bits per heavy atom. The molecule has 0 amide bonds. The molecule has 19 heavy (non-hydrogen) atoms. The minimum atomic E-state index is -4.35. The van der Waals surface area contributed by atoms with Crippen LogP contribution >= 0.6 is 0 Å². The van der Waals surface area contributed by atoms with Crippen LogP contribution in [-0.2, 0) is 6.18 Å². The number of halogens is 3. The highest BCUT2D eigenvalue weighted by molar-refractivity contribution is 5.32. The summed E-state index contributed by atoms with van der Waals surface area (Å²) < 4.78 is 38.6. The second-order valence-electron chi connectivity index (χ2n) is 4.81. The quantitative estimate of drug-likeness (QED) is 0.861. The third-order valence-electron chi connectivity index (χ3n) is 3.07. The molecule has 0 bridgehead atoms. The summed E-state index contributed by atoms with van der Waals surface area (Å²) in [6.45, 7) is 3.35. The third-order valence-corrected chi connectivity index (χ3v) is 3.07. The van der Waals surface area contributed by atoms with E-state index in [-0.39, 0.29) is 5.56 Å². The van der Waals surface area contributed by atoms with Gasteiger partial charge in [-0.1, -0.05) is 31.5 Å². The number of likely N-dealkylation sites (N-methyl/N-ethyl adjacent to an activating group) is 1. The lowest BCUT2D eigenvalue weighted by Gasteiger charge is -2.23. The molecule has 0 aromatic heterocycles. The Hall–Kier alpha value is -1.07. The summed E-state index contributed by atoms with van der Waals surface area (Å²) in [4.78, 5) is 1.97. The van der Waals surface area contributed by atoms with Crippen LogP contribution in [0.3, 0.4) is 0 Å². The van der Waals surface area contributed by atoms with Gasteiger partial charge in [0, 0.05) is 12.6 Å². The summed E-state index contributed by atoms with van der Waals surface area (Å²) in [5, 5.41) is 0. The molecule has 1 atom stereocenters. The fourth-order valence-electron chi connectivity index (χ4n) is 2.03. The average Bonchev–Trinajstić information content (AvgIpc) is 2.35. The molecule has 1 aromatic carbocycles. The van der Waals surface area contributed by atoms with Crippen LogP contribution in [0.1, 0.15) is 36.9 Å². The van der Waals surface area contributed by atoms with Crippen LogP contribution in [0.4, 0.5) is 13.2 Å². The molecule has 1 unspecified atom stereocenters. The highest BCUT2D eigenvalue weighted by Crippen LogP contribution is 2.34. The molecule has 1 rings (SSSR count). The minimum absolute atomic E-state index is 0.165. The Bertz CT molecular complexity index is 391. The molecule has 5 heteroatoms. The van der Waals surface area contributed by atoms with Crippen molar-refractivity contribution in [1.29, 1.82) is 0 Å². The zero-order valence-corrected chi connectivity index (χ0v) is 11.4. The Kier molecular flexibility index (Phi) is 5.82. The van der Waals surface area contributed by atoms with Gasteiger partial charge in [-0.25, -0.2) is 0 Å². The molecule has 0 spiro atoms. The van der Waals surface area contributed by atoms with Crippen molar-refractivity contribution in [3.8, 4) is 0 Å². The molecular weight excluding hydrogens is 253 g/mol. The van der Waals surface area contributed by atoms with E-state index in [0.717, 1.165) is 25.5 Å². The summed E-state index contributed by atoms with van der Waals surface area (Å²) in [5.74, 6) is 0. The normalized spacial score (nSPS) is 13.8. The Balaban J connectivity index is 2.79. The number of benzene rings is 1. The first kappa shape index (κ1) is 16.0. The maximum Gasteiger partial charge on any atom is 0.416 e. The van der Waals surface area contributed by atoms with Gasteiger partial charge in [-0.15, -0.1) is 0 Å². The van der Waals surface area contributed by atoms with E-state index in [1.54, 1.807) is 6.07 Å². The van der Waals surface area contributed by atoms with E-state index in [1.165, 1.54) is 12.1 Å². The predicted molar refractivity (Wildman–Crippen MR) is 70.8 cm³/mol. The first-order chi connectivity index (χ1) is 8.86. The van der Waals surface area contributed by atoms with Crippen molar-refractivity contribution >= 4 is 0 Å². The molecule has 2 nitrogen and oxygen atoms in total. The number of hydrogen-bond donors (Lipinski definition) is 1. The Labute approximate surface area is 112 Å². The minimum Gasteiger partial charge on any atom is -0.323 e. The second kappa shape index (κ2) is 6.91. The fourth-order valence-corrected chi connectivity index (χ4v) is 2.03. The SMILES string of the molecule is CCCCN(C)CC(N)c1ccccc1C(F)(F)F. The van der Waals surface area contributed by atoms with Crippen LogP contribution < -0.4 is 5.73 Å². The largest absolute Gasteiger partial charge is 0.416 e. The fraction of sp³-hybridized carbons (Fsp3) is 0.571. The Morgan fingerprint density at radius 3 is 2.47 bits per heavy atom. The molecule has 0 saturated carbocycles. The van der Waals surface area contributed by atoms with Crippen LogP contribution in [0.2, 0.25) is 0 Å². The van der Waals surface area contributed by atoms with E-state index >= 15 is 0 Å². The number of nitrogens with zero attached hydrogens (tertiary/aromatic N) is 1. The first-order valence-electron chi connectivity index (χ1n) is 6.46. The van der Waals surface area contributed by atoms with Crippen LogP contribution in [0.5, 0.6) is 0 Å². The molecule has 0 aliphatic heterocycles. The zero-order chi connectivity index (χ0) is 14.5. The van der Waals surface area contributed by atoms with E-state index in [0.29, 0.717) is 6.54 Å². The average molecular weight is 274 g/mol. The van der Waals surface area contributed by atoms with Gasteiger partial charge < -0.3 is 10.6 Å². The lowest BCUT2D eigenvalue weighted by molar-refractivity contribution is -0.138. The molecule has 0 heterocycles. The highest BCUT2D eigenvalue weighted by atomic mass is 19.4. The molecule has 0 aliphatic rings. The van der Waals surface area contributed by atoms with Crippen molar-refractivity contribution in [2.75, 3.05) is 20.1 Å². The third kappa shape index (κ3) is 4.84. The van der Waals surface area contributed by atoms with Crippen molar-refractivity contribution in [3.63, 3.8) is 0 Å². The highest BCUT2D eigenvalue weighted by Gasteiger charge is 2.34. The van der Waals surface area contributed by atoms with E-state index < -0.39 is 17.8 Å². The maximum atomic E-state index is 12.9. The van der Waals surface area contributed by atoms with Crippen molar-refractivity contribution in [2.24, 2.45) is 5.73 Å². The number of nitrogens with two attached hydrogens (primary N) is 1. The summed E-state index contributed by atoms with van der Waals surface area (Å²) in [6, 6.07) is 4.90. The summed E-state index contributed by atoms with van der Waals surface area (Å²) in [7, 11) is 1.88. The van der Waals surface area contributed by atoms with E-state index in [2.05, 4.69) is 6.92 Å². The Morgan fingerprint density at radius 2 is 1.89 bits per heavy atom. The van der Waals surface area contributed by atoms with E-state index in [1.807, 2.05) is 11.9 Å². The monoisotopic (exact) mass is 274 g/mol. The zero-order valence-electron chi connectivity index (χ0n) is 11.4. The van der Waals surface area contributed by atoms with E-state index in [9.17, 15) is 13.2 Å². The second-order valence-corrected chi connectivity index (χ2v) is 4.81. The molecule has 0 radical (unpaired) electrons. The van der Waals surface area contributed by atoms with Gasteiger partial charge in [0.2, 0.25) is 0 Å². The lowest BCUT2D eigenvalue weighted by Crippen LogP contribution is -2.31. The molecular formula is C14H21F3N2. The molecule has 108 valence electrons. The van der Waals surface area contributed by atoms with Gasteiger partial charge >= 0.3 is 6.18 Å². The number of alkyl halides is 3. The van der Waals surface area contributed by atoms with Crippen molar-refractivity contribution in [2.45, 2.75) is 32.0 Å². The van der Waals surface area contributed by atoms with Gasteiger partial charge in [0.05, 0.1) is 5.56 Å². The smallest absolute Gasteiger partial charge is 0.323 e. The maximum absolute atomic E-state index is 12.9. The predicted octanol–water partition coefficient (Wildman–Crippen LogP) is 3.44. The lowest BCUT2D eigenvalue weighted by atomic mass is 10.00. The van der Waals surface area contributed by atoms with Gasteiger partial charge in [0.1, 0.15) is 0 Å². The standard InChI is InChI=1S/C14H21F3N2/c1-3-4-9-19(2)10-13(18)11-7-5-6-8-12(11)14(15,16)17/h5-8,13H,3-4,9-10,18H2,1-2H3. The van der Waals surface area contributed by atoms with Gasteiger partial charge in [-0.3, -0.25) is 0 Å². The van der Waals surface area contributed by atoms with Crippen molar-refractivity contribution in [3.05, 3.63) is 35.4 Å². The molecule has 1 aromatic rings. The number of unbranched alkanes of at least 4 members (excludes halogenated alkanes) is 1. The van der Waals surface area contributed by atoms with Crippen molar-refractivity contribution < 1.29 is 13.2 Å². The topological polar surface area (TPSA) is 29.3 Å². The van der Waals surface area contributed by atoms with Crippen LogP contribution in [0, 0.1) is 0 Å². The van der Waals surface area contributed by atoms with Gasteiger partial charge in [-0.05, 0) is 31.6 Å². The van der Waals surface area contributed by atoms with Crippen molar-refractivity contribution in [1.82, 2.24) is 4.90 Å². The first-order valence-corrected chi connectivity index (χ1v) is 6.46. The molecule has 0 aliphatic carbocycles. The van der Waals surface area contributed by atoms with Gasteiger partial charge in [0.15, 0.2) is 0 Å². The summed E-state index contributed by atoms with van der Waals surface area (Å²) in [6.07, 6.45) is -2.28. The van der Waals surface area contributed by atoms with Crippen LogP contribution in [0.15, 0.2) is 24.3 Å². The number of rotatable bonds is 6. The molecule has 0 fully saturated rings. The summed E-state index contributed by atoms with van der Waals surface area (Å²) in [5.41, 5.74) is 5.46. The van der Waals surface area contributed by atoms with E-state index in [4.69, 9.17) is 5.73 Å². The molecule has 2 N–H and O–H groups in total.